The number of nitrogens with one attached hydrogen (secondary N) is 1. The first kappa shape index (κ1) is 18.7. The molecule has 0 aromatic heterocycles. The van der Waals surface area contributed by atoms with Crippen LogP contribution in [0.2, 0.25) is 0 Å². The Balaban J connectivity index is 0.00000242. The molecule has 0 bridgehead atoms. The Hall–Kier alpha value is -1.39. The van der Waals surface area contributed by atoms with Crippen molar-refractivity contribution < 1.29 is 5.11 Å². The SMILES string of the molecule is Cl.N[C@@H](Cc1ccccc1)[C@H](O)CNCCc1ccccc1. The van der Waals surface area contributed by atoms with Gasteiger partial charge in [0.05, 0.1) is 6.10 Å². The van der Waals surface area contributed by atoms with Crippen molar-refractivity contribution in [2.24, 2.45) is 5.73 Å². The van der Waals surface area contributed by atoms with Gasteiger partial charge in [-0.25, -0.2) is 0 Å². The number of nitrogens with two attached hydrogens (primary N) is 1. The van der Waals surface area contributed by atoms with Crippen molar-refractivity contribution in [2.75, 3.05) is 13.1 Å². The largest absolute Gasteiger partial charge is 0.390 e. The Labute approximate surface area is 139 Å². The zero-order valence-electron chi connectivity index (χ0n) is 12.7. The Morgan fingerprint density at radius 2 is 1.45 bits per heavy atom. The molecule has 0 saturated heterocycles. The van der Waals surface area contributed by atoms with Gasteiger partial charge in [-0.05, 0) is 30.5 Å². The summed E-state index contributed by atoms with van der Waals surface area (Å²) < 4.78 is 0. The van der Waals surface area contributed by atoms with Crippen LogP contribution >= 0.6 is 12.4 Å². The Bertz CT molecular complexity index is 507. The van der Waals surface area contributed by atoms with E-state index >= 15 is 0 Å². The van der Waals surface area contributed by atoms with E-state index < -0.39 is 6.10 Å². The lowest BCUT2D eigenvalue weighted by molar-refractivity contribution is 0.142. The summed E-state index contributed by atoms with van der Waals surface area (Å²) in [5, 5.41) is 13.4. The molecule has 4 heteroatoms. The number of aliphatic hydroxyl groups is 1. The van der Waals surface area contributed by atoms with Crippen molar-refractivity contribution in [3.05, 3.63) is 71.8 Å². The van der Waals surface area contributed by atoms with E-state index in [1.54, 1.807) is 0 Å². The van der Waals surface area contributed by atoms with Gasteiger partial charge < -0.3 is 16.2 Å². The summed E-state index contributed by atoms with van der Waals surface area (Å²) in [5.74, 6) is 0. The zero-order valence-corrected chi connectivity index (χ0v) is 13.5. The highest BCUT2D eigenvalue weighted by atomic mass is 35.5. The number of hydrogen-bond donors (Lipinski definition) is 3. The smallest absolute Gasteiger partial charge is 0.0818 e. The average molecular weight is 321 g/mol. The van der Waals surface area contributed by atoms with Crippen LogP contribution in [0, 0.1) is 0 Å². The number of rotatable bonds is 8. The number of aliphatic hydroxyl groups excluding tert-OH is 1. The molecule has 0 aliphatic heterocycles. The van der Waals surface area contributed by atoms with E-state index in [-0.39, 0.29) is 18.4 Å². The second-order valence-corrected chi connectivity index (χ2v) is 5.36. The van der Waals surface area contributed by atoms with Crippen LogP contribution in [0.3, 0.4) is 0 Å². The Kier molecular flexibility index (Phi) is 8.78. The second-order valence-electron chi connectivity index (χ2n) is 5.36. The fourth-order valence-corrected chi connectivity index (χ4v) is 2.30. The summed E-state index contributed by atoms with van der Waals surface area (Å²) in [4.78, 5) is 0. The number of benzene rings is 2. The first-order chi connectivity index (χ1) is 10.3. The molecule has 2 aromatic carbocycles. The molecule has 0 aliphatic rings. The van der Waals surface area contributed by atoms with Gasteiger partial charge in [-0.1, -0.05) is 60.7 Å². The van der Waals surface area contributed by atoms with Gasteiger partial charge in [-0.3, -0.25) is 0 Å². The first-order valence-electron chi connectivity index (χ1n) is 7.48. The topological polar surface area (TPSA) is 58.3 Å². The summed E-state index contributed by atoms with van der Waals surface area (Å²) in [7, 11) is 0. The normalized spacial score (nSPS) is 13.2. The predicted octanol–water partition coefficient (Wildman–Crippen LogP) is 2.17. The molecule has 120 valence electrons. The van der Waals surface area contributed by atoms with Gasteiger partial charge in [0, 0.05) is 12.6 Å². The van der Waals surface area contributed by atoms with E-state index in [1.165, 1.54) is 5.56 Å². The molecule has 0 amide bonds. The quantitative estimate of drug-likeness (QED) is 0.653. The van der Waals surface area contributed by atoms with Crippen LogP contribution in [0.4, 0.5) is 0 Å². The zero-order chi connectivity index (χ0) is 14.9. The van der Waals surface area contributed by atoms with E-state index in [0.29, 0.717) is 13.0 Å². The van der Waals surface area contributed by atoms with Crippen molar-refractivity contribution >= 4 is 12.4 Å². The first-order valence-corrected chi connectivity index (χ1v) is 7.48. The summed E-state index contributed by atoms with van der Waals surface area (Å²) in [6.45, 7) is 1.37. The van der Waals surface area contributed by atoms with Gasteiger partial charge in [-0.2, -0.15) is 0 Å². The van der Waals surface area contributed by atoms with Crippen molar-refractivity contribution in [1.29, 1.82) is 0 Å². The second kappa shape index (κ2) is 10.4. The molecule has 2 rings (SSSR count). The maximum Gasteiger partial charge on any atom is 0.0818 e. The Morgan fingerprint density at radius 3 is 2.05 bits per heavy atom. The number of hydrogen-bond acceptors (Lipinski definition) is 3. The summed E-state index contributed by atoms with van der Waals surface area (Å²) in [5.41, 5.74) is 8.51. The third-order valence-electron chi connectivity index (χ3n) is 3.60. The molecular weight excluding hydrogens is 296 g/mol. The fraction of sp³-hybridized carbons (Fsp3) is 0.333. The summed E-state index contributed by atoms with van der Waals surface area (Å²) >= 11 is 0. The molecule has 4 N–H and O–H groups in total. The van der Waals surface area contributed by atoms with Crippen molar-refractivity contribution in [3.63, 3.8) is 0 Å². The highest BCUT2D eigenvalue weighted by molar-refractivity contribution is 5.85. The molecule has 0 saturated carbocycles. The highest BCUT2D eigenvalue weighted by Gasteiger charge is 2.14. The van der Waals surface area contributed by atoms with Crippen LogP contribution in [0.1, 0.15) is 11.1 Å². The van der Waals surface area contributed by atoms with Crippen LogP contribution in [-0.2, 0) is 12.8 Å². The maximum atomic E-state index is 10.1. The van der Waals surface area contributed by atoms with E-state index in [4.69, 9.17) is 5.73 Å². The maximum absolute atomic E-state index is 10.1. The lowest BCUT2D eigenvalue weighted by Gasteiger charge is -2.19. The van der Waals surface area contributed by atoms with Crippen LogP contribution in [0.15, 0.2) is 60.7 Å². The molecular formula is C18H25ClN2O. The standard InChI is InChI=1S/C18H24N2O.ClH/c19-17(13-16-9-5-2-6-10-16)18(21)14-20-12-11-15-7-3-1-4-8-15;/h1-10,17-18,20-21H,11-14,19H2;1H/t17-,18+;/m0./s1. The van der Waals surface area contributed by atoms with Crippen molar-refractivity contribution in [2.45, 2.75) is 25.0 Å². The molecule has 3 nitrogen and oxygen atoms in total. The van der Waals surface area contributed by atoms with E-state index in [1.807, 2.05) is 48.5 Å². The third kappa shape index (κ3) is 6.58. The van der Waals surface area contributed by atoms with Crippen LogP contribution in [-0.4, -0.2) is 30.3 Å². The third-order valence-corrected chi connectivity index (χ3v) is 3.60. The molecule has 2 aromatic rings. The molecule has 22 heavy (non-hydrogen) atoms. The van der Waals surface area contributed by atoms with Gasteiger partial charge in [0.15, 0.2) is 0 Å². The van der Waals surface area contributed by atoms with Gasteiger partial charge in [-0.15, -0.1) is 12.4 Å². The molecule has 2 atom stereocenters. The van der Waals surface area contributed by atoms with Crippen LogP contribution in [0.25, 0.3) is 0 Å². The fourth-order valence-electron chi connectivity index (χ4n) is 2.30. The van der Waals surface area contributed by atoms with E-state index in [2.05, 4.69) is 17.4 Å². The van der Waals surface area contributed by atoms with E-state index in [9.17, 15) is 5.11 Å². The predicted molar refractivity (Wildman–Crippen MR) is 94.4 cm³/mol. The molecule has 0 heterocycles. The average Bonchev–Trinajstić information content (AvgIpc) is 2.53. The van der Waals surface area contributed by atoms with Gasteiger partial charge >= 0.3 is 0 Å². The minimum atomic E-state index is -0.527. The lowest BCUT2D eigenvalue weighted by Crippen LogP contribution is -2.43. The van der Waals surface area contributed by atoms with Gasteiger partial charge in [0.1, 0.15) is 0 Å². The minimum Gasteiger partial charge on any atom is -0.390 e. The monoisotopic (exact) mass is 320 g/mol. The van der Waals surface area contributed by atoms with Crippen molar-refractivity contribution in [1.82, 2.24) is 5.32 Å². The highest BCUT2D eigenvalue weighted by Crippen LogP contribution is 2.04. The van der Waals surface area contributed by atoms with Crippen LogP contribution in [0.5, 0.6) is 0 Å². The molecule has 0 fully saturated rings. The van der Waals surface area contributed by atoms with E-state index in [0.717, 1.165) is 18.5 Å². The number of halogens is 1. The minimum absolute atomic E-state index is 0. The van der Waals surface area contributed by atoms with Gasteiger partial charge in [0.25, 0.3) is 0 Å². The molecule has 0 aliphatic carbocycles. The Morgan fingerprint density at radius 1 is 0.909 bits per heavy atom. The molecule has 0 unspecified atom stereocenters. The molecule has 0 radical (unpaired) electrons. The summed E-state index contributed by atoms with van der Waals surface area (Å²) in [6, 6.07) is 20.1. The van der Waals surface area contributed by atoms with Crippen LogP contribution < -0.4 is 11.1 Å². The van der Waals surface area contributed by atoms with Crippen molar-refractivity contribution in [3.8, 4) is 0 Å². The lowest BCUT2D eigenvalue weighted by atomic mass is 10.0. The summed E-state index contributed by atoms with van der Waals surface area (Å²) in [6.07, 6.45) is 1.13. The molecule has 0 spiro atoms. The van der Waals surface area contributed by atoms with Gasteiger partial charge in [0.2, 0.25) is 0 Å².